The first kappa shape index (κ1) is 14.9. The molecule has 5 nitrogen and oxygen atoms in total. The molecule has 0 aliphatic carbocycles. The Hall–Kier alpha value is -2.47. The molecular formula is C15H15FN2O3. The third-order valence-corrected chi connectivity index (χ3v) is 2.51. The first-order valence-electron chi connectivity index (χ1n) is 6.45. The molecule has 1 amide bonds. The van der Waals surface area contributed by atoms with E-state index in [4.69, 9.17) is 9.47 Å². The minimum atomic E-state index is -0.353. The molecular weight excluding hydrogens is 275 g/mol. The maximum Gasteiger partial charge on any atom is 0.250 e. The van der Waals surface area contributed by atoms with E-state index in [-0.39, 0.29) is 24.2 Å². The van der Waals surface area contributed by atoms with Crippen molar-refractivity contribution in [2.24, 2.45) is 0 Å². The maximum atomic E-state index is 12.9. The van der Waals surface area contributed by atoms with Crippen LogP contribution in [0.4, 0.5) is 10.1 Å². The number of aromatic nitrogens is 1. The van der Waals surface area contributed by atoms with Crippen molar-refractivity contribution in [3.05, 3.63) is 48.4 Å². The molecule has 0 bridgehead atoms. The Kier molecular flexibility index (Phi) is 5.22. The molecule has 1 aromatic heterocycles. The van der Waals surface area contributed by atoms with Crippen LogP contribution in [0.5, 0.6) is 11.6 Å². The summed E-state index contributed by atoms with van der Waals surface area (Å²) in [5.41, 5.74) is 0.423. The highest BCUT2D eigenvalue weighted by Crippen LogP contribution is 2.26. The minimum absolute atomic E-state index is 0.0403. The van der Waals surface area contributed by atoms with Gasteiger partial charge in [0.15, 0.2) is 0 Å². The Labute approximate surface area is 121 Å². The lowest BCUT2D eigenvalue weighted by molar-refractivity contribution is -0.120. The highest BCUT2D eigenvalue weighted by atomic mass is 19.1. The van der Waals surface area contributed by atoms with Crippen LogP contribution in [-0.4, -0.2) is 24.1 Å². The summed E-state index contributed by atoms with van der Waals surface area (Å²) in [5, 5.41) is 2.65. The fourth-order valence-corrected chi connectivity index (χ4v) is 1.56. The zero-order valence-corrected chi connectivity index (χ0v) is 11.5. The third-order valence-electron chi connectivity index (χ3n) is 2.51. The number of amides is 1. The standard InChI is InChI=1S/C15H15FN2O3/c1-2-20-10-14(19)18-13-4-3-9-17-15(13)21-12-7-5-11(16)6-8-12/h3-9H,2,10H2,1H3,(H,18,19). The van der Waals surface area contributed by atoms with Crippen molar-refractivity contribution in [1.82, 2.24) is 4.98 Å². The van der Waals surface area contributed by atoms with E-state index in [0.717, 1.165) is 0 Å². The predicted octanol–water partition coefficient (Wildman–Crippen LogP) is 2.99. The van der Waals surface area contributed by atoms with E-state index in [9.17, 15) is 9.18 Å². The zero-order valence-electron chi connectivity index (χ0n) is 11.5. The fourth-order valence-electron chi connectivity index (χ4n) is 1.56. The first-order valence-corrected chi connectivity index (χ1v) is 6.45. The maximum absolute atomic E-state index is 12.9. The molecule has 0 spiro atoms. The monoisotopic (exact) mass is 290 g/mol. The summed E-state index contributed by atoms with van der Waals surface area (Å²) in [6.07, 6.45) is 1.54. The normalized spacial score (nSPS) is 10.2. The molecule has 2 rings (SSSR count). The second-order valence-corrected chi connectivity index (χ2v) is 4.10. The van der Waals surface area contributed by atoms with Crippen molar-refractivity contribution < 1.29 is 18.7 Å². The van der Waals surface area contributed by atoms with Gasteiger partial charge in [-0.15, -0.1) is 0 Å². The highest BCUT2D eigenvalue weighted by molar-refractivity contribution is 5.92. The van der Waals surface area contributed by atoms with Crippen LogP contribution >= 0.6 is 0 Å². The Morgan fingerprint density at radius 1 is 1.29 bits per heavy atom. The minimum Gasteiger partial charge on any atom is -0.437 e. The van der Waals surface area contributed by atoms with Crippen molar-refractivity contribution >= 4 is 11.6 Å². The van der Waals surface area contributed by atoms with E-state index in [1.54, 1.807) is 19.1 Å². The summed E-state index contributed by atoms with van der Waals surface area (Å²) < 4.78 is 23.4. The Morgan fingerprint density at radius 3 is 2.76 bits per heavy atom. The predicted molar refractivity (Wildman–Crippen MR) is 75.8 cm³/mol. The molecule has 21 heavy (non-hydrogen) atoms. The van der Waals surface area contributed by atoms with E-state index in [2.05, 4.69) is 10.3 Å². The van der Waals surface area contributed by atoms with Gasteiger partial charge in [0, 0.05) is 12.8 Å². The van der Waals surface area contributed by atoms with Gasteiger partial charge in [0.1, 0.15) is 23.9 Å². The number of pyridine rings is 1. The molecule has 0 radical (unpaired) electrons. The van der Waals surface area contributed by atoms with Gasteiger partial charge >= 0.3 is 0 Å². The molecule has 0 fully saturated rings. The van der Waals surface area contributed by atoms with Gasteiger partial charge in [0.05, 0.1) is 0 Å². The lowest BCUT2D eigenvalue weighted by Gasteiger charge is -2.11. The van der Waals surface area contributed by atoms with Crippen LogP contribution in [0.3, 0.4) is 0 Å². The van der Waals surface area contributed by atoms with Crippen LogP contribution in [0, 0.1) is 5.82 Å². The Bertz CT molecular complexity index is 602. The van der Waals surface area contributed by atoms with Crippen LogP contribution in [0.2, 0.25) is 0 Å². The molecule has 1 aromatic carbocycles. The van der Waals surface area contributed by atoms with Crippen LogP contribution in [0.25, 0.3) is 0 Å². The molecule has 0 saturated heterocycles. The number of carbonyl (C=O) groups is 1. The highest BCUT2D eigenvalue weighted by Gasteiger charge is 2.09. The van der Waals surface area contributed by atoms with Gasteiger partial charge in [-0.05, 0) is 43.3 Å². The Morgan fingerprint density at radius 2 is 2.05 bits per heavy atom. The van der Waals surface area contributed by atoms with Crippen molar-refractivity contribution in [1.29, 1.82) is 0 Å². The topological polar surface area (TPSA) is 60.5 Å². The van der Waals surface area contributed by atoms with Crippen LogP contribution in [0.1, 0.15) is 6.92 Å². The van der Waals surface area contributed by atoms with Gasteiger partial charge < -0.3 is 14.8 Å². The van der Waals surface area contributed by atoms with E-state index < -0.39 is 0 Å². The van der Waals surface area contributed by atoms with Crippen molar-refractivity contribution in [2.75, 3.05) is 18.5 Å². The van der Waals surface area contributed by atoms with Gasteiger partial charge in [-0.1, -0.05) is 0 Å². The molecule has 2 aromatic rings. The number of carbonyl (C=O) groups excluding carboxylic acids is 1. The number of nitrogens with zero attached hydrogens (tertiary/aromatic N) is 1. The average molecular weight is 290 g/mol. The third kappa shape index (κ3) is 4.54. The summed E-state index contributed by atoms with van der Waals surface area (Å²) >= 11 is 0. The molecule has 110 valence electrons. The molecule has 0 aliphatic rings. The quantitative estimate of drug-likeness (QED) is 0.888. The summed E-state index contributed by atoms with van der Waals surface area (Å²) in [5.74, 6) is 0.00628. The largest absolute Gasteiger partial charge is 0.437 e. The smallest absolute Gasteiger partial charge is 0.250 e. The number of anilines is 1. The van der Waals surface area contributed by atoms with E-state index >= 15 is 0 Å². The SMILES string of the molecule is CCOCC(=O)Nc1cccnc1Oc1ccc(F)cc1. The van der Waals surface area contributed by atoms with Gasteiger partial charge in [0.2, 0.25) is 5.88 Å². The second-order valence-electron chi connectivity index (χ2n) is 4.10. The molecule has 0 aliphatic heterocycles. The van der Waals surface area contributed by atoms with Crippen molar-refractivity contribution in [3.8, 4) is 11.6 Å². The van der Waals surface area contributed by atoms with Crippen molar-refractivity contribution in [3.63, 3.8) is 0 Å². The van der Waals surface area contributed by atoms with Crippen LogP contribution in [0.15, 0.2) is 42.6 Å². The molecule has 1 N–H and O–H groups in total. The number of rotatable bonds is 6. The average Bonchev–Trinajstić information content (AvgIpc) is 2.49. The molecule has 0 atom stereocenters. The van der Waals surface area contributed by atoms with Crippen molar-refractivity contribution in [2.45, 2.75) is 6.92 Å². The summed E-state index contributed by atoms with van der Waals surface area (Å²) in [4.78, 5) is 15.7. The summed E-state index contributed by atoms with van der Waals surface area (Å²) in [6, 6.07) is 8.87. The zero-order chi connectivity index (χ0) is 15.1. The number of ether oxygens (including phenoxy) is 2. The summed E-state index contributed by atoms with van der Waals surface area (Å²) in [6.45, 7) is 2.22. The van der Waals surface area contributed by atoms with Crippen LogP contribution in [-0.2, 0) is 9.53 Å². The van der Waals surface area contributed by atoms with Gasteiger partial charge in [-0.25, -0.2) is 9.37 Å². The van der Waals surface area contributed by atoms with Crippen LogP contribution < -0.4 is 10.1 Å². The molecule has 6 heteroatoms. The number of hydrogen-bond donors (Lipinski definition) is 1. The van der Waals surface area contributed by atoms with E-state index in [1.807, 2.05) is 0 Å². The van der Waals surface area contributed by atoms with Gasteiger partial charge in [0.25, 0.3) is 5.91 Å². The van der Waals surface area contributed by atoms with E-state index in [1.165, 1.54) is 30.5 Å². The molecule has 0 unspecified atom stereocenters. The second kappa shape index (κ2) is 7.35. The number of hydrogen-bond acceptors (Lipinski definition) is 4. The number of benzene rings is 1. The molecule has 1 heterocycles. The first-order chi connectivity index (χ1) is 10.2. The van der Waals surface area contributed by atoms with E-state index in [0.29, 0.717) is 18.0 Å². The fraction of sp³-hybridized carbons (Fsp3) is 0.200. The lowest BCUT2D eigenvalue weighted by Crippen LogP contribution is -2.18. The number of nitrogens with one attached hydrogen (secondary N) is 1. The van der Waals surface area contributed by atoms with Gasteiger partial charge in [-0.2, -0.15) is 0 Å². The number of halogens is 1. The lowest BCUT2D eigenvalue weighted by atomic mass is 10.3. The Balaban J connectivity index is 2.09. The molecule has 0 saturated carbocycles. The van der Waals surface area contributed by atoms with Gasteiger partial charge in [-0.3, -0.25) is 4.79 Å². The summed E-state index contributed by atoms with van der Waals surface area (Å²) in [7, 11) is 0.